The van der Waals surface area contributed by atoms with Crippen molar-refractivity contribution in [3.8, 4) is 0 Å². The standard InChI is InChI=1S/C14H12FN3OS/c15-11-7-9(14(17)20)3-6-12(11)18-10-4-1-8(2-5-10)13(16)19/h1-7,18H,(H2,16,19)(H2,17,20). The van der Waals surface area contributed by atoms with Crippen LogP contribution < -0.4 is 16.8 Å². The third-order valence-electron chi connectivity index (χ3n) is 2.70. The molecular formula is C14H12FN3OS. The van der Waals surface area contributed by atoms with E-state index < -0.39 is 11.7 Å². The van der Waals surface area contributed by atoms with Crippen molar-refractivity contribution >= 4 is 34.5 Å². The van der Waals surface area contributed by atoms with Gasteiger partial charge in [0, 0.05) is 16.8 Å². The molecule has 2 aromatic carbocycles. The lowest BCUT2D eigenvalue weighted by molar-refractivity contribution is 0.100. The lowest BCUT2D eigenvalue weighted by Gasteiger charge is -2.09. The zero-order chi connectivity index (χ0) is 14.7. The van der Waals surface area contributed by atoms with Gasteiger partial charge in [0.1, 0.15) is 10.8 Å². The average Bonchev–Trinajstić information content (AvgIpc) is 2.41. The third kappa shape index (κ3) is 3.10. The Labute approximate surface area is 120 Å². The predicted octanol–water partition coefficient (Wildman–Crippen LogP) is 2.30. The van der Waals surface area contributed by atoms with Crippen LogP contribution in [-0.4, -0.2) is 10.9 Å². The number of thiocarbonyl (C=S) groups is 1. The Morgan fingerprint density at radius 2 is 1.65 bits per heavy atom. The summed E-state index contributed by atoms with van der Waals surface area (Å²) in [5.74, 6) is -0.974. The third-order valence-corrected chi connectivity index (χ3v) is 2.94. The molecular weight excluding hydrogens is 277 g/mol. The van der Waals surface area contributed by atoms with Crippen molar-refractivity contribution in [1.29, 1.82) is 0 Å². The Balaban J connectivity index is 2.21. The molecule has 0 aliphatic heterocycles. The molecule has 0 aliphatic carbocycles. The quantitative estimate of drug-likeness (QED) is 0.754. The molecule has 0 atom stereocenters. The Bertz CT molecular complexity index is 671. The molecule has 5 N–H and O–H groups in total. The number of hydrogen-bond donors (Lipinski definition) is 3. The number of benzene rings is 2. The lowest BCUT2D eigenvalue weighted by atomic mass is 10.1. The number of rotatable bonds is 4. The van der Waals surface area contributed by atoms with Crippen LogP contribution >= 0.6 is 12.2 Å². The van der Waals surface area contributed by atoms with E-state index in [2.05, 4.69) is 5.32 Å². The van der Waals surface area contributed by atoms with Crippen LogP contribution in [0.5, 0.6) is 0 Å². The molecule has 0 spiro atoms. The minimum absolute atomic E-state index is 0.140. The number of anilines is 2. The lowest BCUT2D eigenvalue weighted by Crippen LogP contribution is -2.10. The minimum atomic E-state index is -0.511. The normalized spacial score (nSPS) is 10.1. The van der Waals surface area contributed by atoms with Crippen LogP contribution in [0.3, 0.4) is 0 Å². The topological polar surface area (TPSA) is 81.1 Å². The van der Waals surface area contributed by atoms with Crippen LogP contribution in [0, 0.1) is 5.82 Å². The highest BCUT2D eigenvalue weighted by Gasteiger charge is 2.06. The molecule has 2 aromatic rings. The fourth-order valence-corrected chi connectivity index (χ4v) is 1.77. The summed E-state index contributed by atoms with van der Waals surface area (Å²) in [7, 11) is 0. The molecule has 0 aromatic heterocycles. The molecule has 0 radical (unpaired) electrons. The van der Waals surface area contributed by atoms with Gasteiger partial charge in [-0.25, -0.2) is 4.39 Å². The first-order valence-corrected chi connectivity index (χ1v) is 6.14. The smallest absolute Gasteiger partial charge is 0.248 e. The van der Waals surface area contributed by atoms with Gasteiger partial charge in [0.2, 0.25) is 5.91 Å². The second-order valence-electron chi connectivity index (χ2n) is 4.13. The molecule has 20 heavy (non-hydrogen) atoms. The van der Waals surface area contributed by atoms with Crippen molar-refractivity contribution in [2.45, 2.75) is 0 Å². The van der Waals surface area contributed by atoms with E-state index in [-0.39, 0.29) is 10.7 Å². The summed E-state index contributed by atoms with van der Waals surface area (Å²) in [5, 5.41) is 2.89. The molecule has 0 saturated heterocycles. The summed E-state index contributed by atoms with van der Waals surface area (Å²) in [6.07, 6.45) is 0. The molecule has 1 amide bonds. The van der Waals surface area contributed by atoms with Crippen LogP contribution in [-0.2, 0) is 0 Å². The van der Waals surface area contributed by atoms with Gasteiger partial charge in [0.25, 0.3) is 0 Å². The van der Waals surface area contributed by atoms with E-state index in [1.165, 1.54) is 6.07 Å². The average molecular weight is 289 g/mol. The van der Waals surface area contributed by atoms with Gasteiger partial charge in [-0.1, -0.05) is 12.2 Å². The van der Waals surface area contributed by atoms with Crippen molar-refractivity contribution in [1.82, 2.24) is 0 Å². The number of hydrogen-bond acceptors (Lipinski definition) is 3. The maximum Gasteiger partial charge on any atom is 0.248 e. The van der Waals surface area contributed by atoms with E-state index in [1.54, 1.807) is 36.4 Å². The molecule has 2 rings (SSSR count). The van der Waals surface area contributed by atoms with Crippen LogP contribution in [0.25, 0.3) is 0 Å². The van der Waals surface area contributed by atoms with E-state index >= 15 is 0 Å². The maximum absolute atomic E-state index is 13.9. The van der Waals surface area contributed by atoms with E-state index in [9.17, 15) is 9.18 Å². The van der Waals surface area contributed by atoms with Gasteiger partial charge >= 0.3 is 0 Å². The summed E-state index contributed by atoms with van der Waals surface area (Å²) in [6, 6.07) is 10.8. The second-order valence-corrected chi connectivity index (χ2v) is 4.57. The largest absolute Gasteiger partial charge is 0.389 e. The van der Waals surface area contributed by atoms with Crippen molar-refractivity contribution in [2.75, 3.05) is 5.32 Å². The van der Waals surface area contributed by atoms with Crippen LogP contribution in [0.4, 0.5) is 15.8 Å². The summed E-state index contributed by atoms with van der Waals surface area (Å²) in [4.78, 5) is 11.1. The summed E-state index contributed by atoms with van der Waals surface area (Å²) >= 11 is 4.78. The molecule has 6 heteroatoms. The van der Waals surface area contributed by atoms with E-state index in [0.29, 0.717) is 16.8 Å². The van der Waals surface area contributed by atoms with E-state index in [4.69, 9.17) is 23.7 Å². The van der Waals surface area contributed by atoms with Gasteiger partial charge < -0.3 is 16.8 Å². The SMILES string of the molecule is NC(=O)c1ccc(Nc2ccc(C(N)=S)cc2F)cc1. The highest BCUT2D eigenvalue weighted by atomic mass is 32.1. The predicted molar refractivity (Wildman–Crippen MR) is 80.5 cm³/mol. The highest BCUT2D eigenvalue weighted by Crippen LogP contribution is 2.21. The Morgan fingerprint density at radius 3 is 2.15 bits per heavy atom. The van der Waals surface area contributed by atoms with Gasteiger partial charge in [0.05, 0.1) is 5.69 Å². The molecule has 0 saturated carbocycles. The maximum atomic E-state index is 13.9. The van der Waals surface area contributed by atoms with Crippen LogP contribution in [0.1, 0.15) is 15.9 Å². The van der Waals surface area contributed by atoms with Gasteiger partial charge in [-0.15, -0.1) is 0 Å². The van der Waals surface area contributed by atoms with E-state index in [0.717, 1.165) is 0 Å². The van der Waals surface area contributed by atoms with Crippen molar-refractivity contribution < 1.29 is 9.18 Å². The summed E-state index contributed by atoms with van der Waals surface area (Å²) < 4.78 is 13.9. The van der Waals surface area contributed by atoms with Crippen molar-refractivity contribution in [3.05, 3.63) is 59.4 Å². The molecule has 0 heterocycles. The number of halogens is 1. The Kier molecular flexibility index (Phi) is 3.95. The number of nitrogens with one attached hydrogen (secondary N) is 1. The Morgan fingerprint density at radius 1 is 1.05 bits per heavy atom. The fourth-order valence-electron chi connectivity index (χ4n) is 1.64. The summed E-state index contributed by atoms with van der Waals surface area (Å²) in [5.41, 5.74) is 12.4. The van der Waals surface area contributed by atoms with Gasteiger partial charge in [-0.3, -0.25) is 4.79 Å². The van der Waals surface area contributed by atoms with Crippen molar-refractivity contribution in [3.63, 3.8) is 0 Å². The molecule has 0 bridgehead atoms. The highest BCUT2D eigenvalue weighted by molar-refractivity contribution is 7.80. The monoisotopic (exact) mass is 289 g/mol. The van der Waals surface area contributed by atoms with E-state index in [1.807, 2.05) is 0 Å². The van der Waals surface area contributed by atoms with Crippen LogP contribution in [0.15, 0.2) is 42.5 Å². The number of carbonyl (C=O) groups is 1. The number of primary amides is 1. The van der Waals surface area contributed by atoms with Crippen molar-refractivity contribution in [2.24, 2.45) is 11.5 Å². The number of carbonyl (C=O) groups excluding carboxylic acids is 1. The zero-order valence-electron chi connectivity index (χ0n) is 10.4. The Hall–Kier alpha value is -2.47. The first-order chi connectivity index (χ1) is 9.47. The van der Waals surface area contributed by atoms with Gasteiger partial charge in [-0.05, 0) is 42.5 Å². The first kappa shape index (κ1) is 14.0. The first-order valence-electron chi connectivity index (χ1n) is 5.73. The number of nitrogens with two attached hydrogens (primary N) is 2. The minimum Gasteiger partial charge on any atom is -0.389 e. The molecule has 0 unspecified atom stereocenters. The molecule has 102 valence electrons. The van der Waals surface area contributed by atoms with Gasteiger partial charge in [-0.2, -0.15) is 0 Å². The van der Waals surface area contributed by atoms with Gasteiger partial charge in [0.15, 0.2) is 0 Å². The number of amides is 1. The molecule has 0 fully saturated rings. The summed E-state index contributed by atoms with van der Waals surface area (Å²) in [6.45, 7) is 0. The molecule has 4 nitrogen and oxygen atoms in total. The second kappa shape index (κ2) is 5.66. The molecule has 0 aliphatic rings. The van der Waals surface area contributed by atoms with Crippen LogP contribution in [0.2, 0.25) is 0 Å². The fraction of sp³-hybridized carbons (Fsp3) is 0. The zero-order valence-corrected chi connectivity index (χ0v) is 11.2.